The van der Waals surface area contributed by atoms with Gasteiger partial charge in [0.05, 0.1) is 0 Å². The number of ketones is 1. The van der Waals surface area contributed by atoms with Gasteiger partial charge in [-0.15, -0.1) is 0 Å². The van der Waals surface area contributed by atoms with Gasteiger partial charge < -0.3 is 10.1 Å². The van der Waals surface area contributed by atoms with Crippen LogP contribution in [0, 0.1) is 0 Å². The molecule has 1 fully saturated rings. The number of esters is 1. The van der Waals surface area contributed by atoms with E-state index in [4.69, 9.17) is 4.74 Å². The second-order valence-electron chi connectivity index (χ2n) is 5.69. The molecular formula is C17H25NO5. The summed E-state index contributed by atoms with van der Waals surface area (Å²) in [7, 11) is 0. The molecule has 0 spiro atoms. The Morgan fingerprint density at radius 2 is 1.91 bits per heavy atom. The molecule has 0 aromatic rings. The van der Waals surface area contributed by atoms with E-state index >= 15 is 0 Å². The van der Waals surface area contributed by atoms with Crippen LogP contribution in [0.3, 0.4) is 0 Å². The molecule has 1 amide bonds. The van der Waals surface area contributed by atoms with Crippen LogP contribution in [0.25, 0.3) is 0 Å². The van der Waals surface area contributed by atoms with Crippen molar-refractivity contribution in [2.45, 2.75) is 70.8 Å². The predicted molar refractivity (Wildman–Crippen MR) is 84.4 cm³/mol. The second kappa shape index (κ2) is 10.7. The topological polar surface area (TPSA) is 89.5 Å². The van der Waals surface area contributed by atoms with Crippen LogP contribution in [0.15, 0.2) is 11.8 Å². The summed E-state index contributed by atoms with van der Waals surface area (Å²) in [5, 5.41) is 2.47. The third kappa shape index (κ3) is 7.21. The van der Waals surface area contributed by atoms with Gasteiger partial charge in [-0.05, 0) is 25.3 Å². The van der Waals surface area contributed by atoms with Crippen LogP contribution < -0.4 is 5.32 Å². The molecule has 1 aliphatic heterocycles. The van der Waals surface area contributed by atoms with E-state index in [-0.39, 0.29) is 24.4 Å². The maximum absolute atomic E-state index is 11.9. The maximum Gasteiger partial charge on any atom is 0.334 e. The van der Waals surface area contributed by atoms with Crippen LogP contribution in [0.1, 0.15) is 64.7 Å². The summed E-state index contributed by atoms with van der Waals surface area (Å²) in [6.45, 7) is 2.15. The summed E-state index contributed by atoms with van der Waals surface area (Å²) in [5.74, 6) is -2.00. The van der Waals surface area contributed by atoms with E-state index in [1.54, 1.807) is 0 Å². The van der Waals surface area contributed by atoms with Crippen molar-refractivity contribution in [3.63, 3.8) is 0 Å². The van der Waals surface area contributed by atoms with Gasteiger partial charge in [0, 0.05) is 6.42 Å². The number of hydrogen-bond acceptors (Lipinski definition) is 5. The standard InChI is InChI=1S/C17H25NO5/c1-2-3-4-5-6-7-8-9-15(14(20)12-19)23-17(22)13-10-11-16(21)18-13/h9,12-13H,2-8,10-11H2,1H3,(H,18,21)/t13-/m0/s1. The zero-order valence-corrected chi connectivity index (χ0v) is 13.6. The number of carbonyl (C=O) groups excluding carboxylic acids is 4. The van der Waals surface area contributed by atoms with E-state index in [1.807, 2.05) is 0 Å². The molecule has 0 radical (unpaired) electrons. The molecule has 1 aliphatic rings. The number of hydrogen-bond donors (Lipinski definition) is 1. The highest BCUT2D eigenvalue weighted by Gasteiger charge is 2.30. The van der Waals surface area contributed by atoms with Gasteiger partial charge in [-0.1, -0.05) is 39.0 Å². The molecule has 0 bridgehead atoms. The van der Waals surface area contributed by atoms with E-state index in [0.717, 1.165) is 19.3 Å². The molecule has 1 saturated heterocycles. The Kier molecular flexibility index (Phi) is 8.87. The molecule has 0 saturated carbocycles. The fourth-order valence-electron chi connectivity index (χ4n) is 2.38. The largest absolute Gasteiger partial charge is 0.421 e. The first kappa shape index (κ1) is 19.1. The van der Waals surface area contributed by atoms with Gasteiger partial charge in [0.1, 0.15) is 6.04 Å². The van der Waals surface area contributed by atoms with Crippen LogP contribution in [-0.2, 0) is 23.9 Å². The van der Waals surface area contributed by atoms with Crippen molar-refractivity contribution in [1.82, 2.24) is 5.32 Å². The number of rotatable bonds is 11. The fraction of sp³-hybridized carbons (Fsp3) is 0.647. The molecule has 1 atom stereocenters. The molecule has 6 heteroatoms. The quantitative estimate of drug-likeness (QED) is 0.157. The Balaban J connectivity index is 2.43. The molecule has 0 unspecified atom stereocenters. The highest BCUT2D eigenvalue weighted by molar-refractivity contribution is 6.32. The molecule has 0 aliphatic carbocycles. The first-order valence-electron chi connectivity index (χ1n) is 8.29. The first-order valence-corrected chi connectivity index (χ1v) is 8.29. The lowest BCUT2D eigenvalue weighted by Gasteiger charge is -2.10. The summed E-state index contributed by atoms with van der Waals surface area (Å²) >= 11 is 0. The molecule has 0 aromatic heterocycles. The average Bonchev–Trinajstić information content (AvgIpc) is 2.98. The second-order valence-corrected chi connectivity index (χ2v) is 5.69. The molecule has 23 heavy (non-hydrogen) atoms. The molecule has 6 nitrogen and oxygen atoms in total. The van der Waals surface area contributed by atoms with Gasteiger partial charge in [0.25, 0.3) is 5.78 Å². The molecule has 1 rings (SSSR count). The average molecular weight is 323 g/mol. The first-order chi connectivity index (χ1) is 11.1. The van der Waals surface area contributed by atoms with E-state index in [1.165, 1.54) is 25.3 Å². The van der Waals surface area contributed by atoms with Crippen LogP contribution in [0.5, 0.6) is 0 Å². The smallest absolute Gasteiger partial charge is 0.334 e. The Morgan fingerprint density at radius 1 is 1.22 bits per heavy atom. The van der Waals surface area contributed by atoms with Gasteiger partial charge in [-0.2, -0.15) is 0 Å². The Hall–Kier alpha value is -1.98. The van der Waals surface area contributed by atoms with Crippen molar-refractivity contribution < 1.29 is 23.9 Å². The molecule has 1 heterocycles. The van der Waals surface area contributed by atoms with Crippen molar-refractivity contribution in [1.29, 1.82) is 0 Å². The highest BCUT2D eigenvalue weighted by atomic mass is 16.5. The van der Waals surface area contributed by atoms with Crippen molar-refractivity contribution in [3.8, 4) is 0 Å². The van der Waals surface area contributed by atoms with Crippen LogP contribution in [-0.4, -0.2) is 30.0 Å². The van der Waals surface area contributed by atoms with Gasteiger partial charge in [-0.3, -0.25) is 14.4 Å². The summed E-state index contributed by atoms with van der Waals surface area (Å²) in [5.41, 5.74) is 0. The minimum Gasteiger partial charge on any atom is -0.421 e. The van der Waals surface area contributed by atoms with E-state index in [0.29, 0.717) is 12.8 Å². The maximum atomic E-state index is 11.9. The summed E-state index contributed by atoms with van der Waals surface area (Å²) in [6.07, 6.45) is 9.44. The third-order valence-electron chi connectivity index (χ3n) is 3.73. The molecule has 0 aromatic carbocycles. The van der Waals surface area contributed by atoms with E-state index in [9.17, 15) is 19.2 Å². The van der Waals surface area contributed by atoms with E-state index in [2.05, 4.69) is 12.2 Å². The summed E-state index contributed by atoms with van der Waals surface area (Å²) < 4.78 is 5.01. The third-order valence-corrected chi connectivity index (χ3v) is 3.73. The lowest BCUT2D eigenvalue weighted by Crippen LogP contribution is -2.35. The van der Waals surface area contributed by atoms with Crippen LogP contribution in [0.4, 0.5) is 0 Å². The van der Waals surface area contributed by atoms with Crippen LogP contribution >= 0.6 is 0 Å². The minimum atomic E-state index is -0.853. The SMILES string of the molecule is CCCCCCCCC=C(OC(=O)[C@@H]1CCC(=O)N1)C(=O)C=O. The number of unbranched alkanes of at least 4 members (excludes halogenated alkanes) is 6. The van der Waals surface area contributed by atoms with Gasteiger partial charge in [0.15, 0.2) is 12.0 Å². The van der Waals surface area contributed by atoms with Gasteiger partial charge in [-0.25, -0.2) is 4.79 Å². The van der Waals surface area contributed by atoms with E-state index < -0.39 is 17.8 Å². The Labute approximate surface area is 136 Å². The number of nitrogens with one attached hydrogen (secondary N) is 1. The number of amides is 1. The highest BCUT2D eigenvalue weighted by Crippen LogP contribution is 2.13. The predicted octanol–water partition coefficient (Wildman–Crippen LogP) is 2.21. The lowest BCUT2D eigenvalue weighted by atomic mass is 10.1. The van der Waals surface area contributed by atoms with Gasteiger partial charge >= 0.3 is 5.97 Å². The monoisotopic (exact) mass is 323 g/mol. The molecule has 1 N–H and O–H groups in total. The number of Topliss-reactive ketones (excluding diaryl/α,β-unsaturated/α-hetero) is 1. The minimum absolute atomic E-state index is 0.133. The number of carbonyl (C=O) groups is 4. The van der Waals surface area contributed by atoms with Crippen molar-refractivity contribution >= 4 is 23.9 Å². The van der Waals surface area contributed by atoms with Crippen molar-refractivity contribution in [3.05, 3.63) is 11.8 Å². The normalized spacial score (nSPS) is 17.7. The zero-order valence-electron chi connectivity index (χ0n) is 13.6. The van der Waals surface area contributed by atoms with Crippen molar-refractivity contribution in [2.24, 2.45) is 0 Å². The fourth-order valence-corrected chi connectivity index (χ4v) is 2.38. The number of aldehydes is 1. The Morgan fingerprint density at radius 3 is 2.52 bits per heavy atom. The summed E-state index contributed by atoms with van der Waals surface area (Å²) in [4.78, 5) is 45.2. The molecule has 128 valence electrons. The number of ether oxygens (including phenoxy) is 1. The Bertz CT molecular complexity index is 470. The van der Waals surface area contributed by atoms with Gasteiger partial charge in [0.2, 0.25) is 5.91 Å². The lowest BCUT2D eigenvalue weighted by molar-refractivity contribution is -0.145. The van der Waals surface area contributed by atoms with Crippen LogP contribution in [0.2, 0.25) is 0 Å². The van der Waals surface area contributed by atoms with Crippen molar-refractivity contribution in [2.75, 3.05) is 0 Å². The number of allylic oxidation sites excluding steroid dienone is 2. The molecular weight excluding hydrogens is 298 g/mol. The summed E-state index contributed by atoms with van der Waals surface area (Å²) in [6, 6.07) is -0.737. The zero-order chi connectivity index (χ0) is 17.1.